The first-order valence-corrected chi connectivity index (χ1v) is 7.78. The fourth-order valence-electron chi connectivity index (χ4n) is 2.67. The third kappa shape index (κ3) is 3.37. The van der Waals surface area contributed by atoms with Crippen LogP contribution in [0.4, 0.5) is 0 Å². The second-order valence-electron chi connectivity index (χ2n) is 5.89. The van der Waals surface area contributed by atoms with E-state index in [-0.39, 0.29) is 5.91 Å². The molecule has 0 aliphatic heterocycles. The van der Waals surface area contributed by atoms with Crippen LogP contribution in [-0.4, -0.2) is 32.8 Å². The maximum Gasteiger partial charge on any atom is 0.259 e. The lowest BCUT2D eigenvalue weighted by atomic mass is 10.2. The topological polar surface area (TPSA) is 64.2 Å². The van der Waals surface area contributed by atoms with Gasteiger partial charge in [-0.2, -0.15) is 5.10 Å². The molecule has 0 radical (unpaired) electrons. The number of hydrogen-bond acceptors (Lipinski definition) is 4. The highest BCUT2D eigenvalue weighted by molar-refractivity contribution is 5.95. The Morgan fingerprint density at radius 3 is 2.62 bits per heavy atom. The van der Waals surface area contributed by atoms with Gasteiger partial charge in [-0.1, -0.05) is 35.5 Å². The predicted octanol–water partition coefficient (Wildman–Crippen LogP) is 2.81. The smallest absolute Gasteiger partial charge is 0.259 e. The number of aryl methyl sites for hydroxylation is 2. The van der Waals surface area contributed by atoms with Gasteiger partial charge >= 0.3 is 0 Å². The number of rotatable bonds is 5. The van der Waals surface area contributed by atoms with Crippen molar-refractivity contribution in [1.82, 2.24) is 19.8 Å². The molecule has 0 aliphatic rings. The summed E-state index contributed by atoms with van der Waals surface area (Å²) in [7, 11) is 1.77. The number of nitrogens with zero attached hydrogens (tertiary/aromatic N) is 4. The standard InChI is InChI=1S/C18H20N4O2/c1-13-17(14(2)24-20-13)18(23)21(3)10-16-9-19-22(12-16)11-15-7-5-4-6-8-15/h4-9,12H,10-11H2,1-3H3. The van der Waals surface area contributed by atoms with Crippen molar-refractivity contribution in [2.24, 2.45) is 0 Å². The molecular formula is C18H20N4O2. The number of hydrogen-bond donors (Lipinski definition) is 0. The van der Waals surface area contributed by atoms with Gasteiger partial charge in [-0.25, -0.2) is 0 Å². The van der Waals surface area contributed by atoms with E-state index in [9.17, 15) is 4.79 Å². The Hall–Kier alpha value is -2.89. The van der Waals surface area contributed by atoms with Gasteiger partial charge in [0.1, 0.15) is 11.3 Å². The second-order valence-corrected chi connectivity index (χ2v) is 5.89. The highest BCUT2D eigenvalue weighted by Gasteiger charge is 2.21. The van der Waals surface area contributed by atoms with Crippen molar-refractivity contribution in [3.8, 4) is 0 Å². The molecular weight excluding hydrogens is 304 g/mol. The van der Waals surface area contributed by atoms with Gasteiger partial charge in [-0.15, -0.1) is 0 Å². The zero-order valence-corrected chi connectivity index (χ0v) is 14.1. The average Bonchev–Trinajstić information content (AvgIpc) is 3.14. The molecule has 1 amide bonds. The van der Waals surface area contributed by atoms with Crippen LogP contribution in [0.2, 0.25) is 0 Å². The van der Waals surface area contributed by atoms with Crippen molar-refractivity contribution in [1.29, 1.82) is 0 Å². The molecule has 3 rings (SSSR count). The molecule has 24 heavy (non-hydrogen) atoms. The number of amides is 1. The molecule has 0 N–H and O–H groups in total. The average molecular weight is 324 g/mol. The summed E-state index contributed by atoms with van der Waals surface area (Å²) in [6.45, 7) is 4.72. The van der Waals surface area contributed by atoms with Crippen LogP contribution in [0.25, 0.3) is 0 Å². The lowest BCUT2D eigenvalue weighted by molar-refractivity contribution is 0.0782. The first kappa shape index (κ1) is 16.0. The van der Waals surface area contributed by atoms with E-state index in [1.165, 1.54) is 5.56 Å². The van der Waals surface area contributed by atoms with Crippen molar-refractivity contribution in [3.63, 3.8) is 0 Å². The molecule has 0 saturated carbocycles. The molecule has 0 saturated heterocycles. The van der Waals surface area contributed by atoms with Gasteiger partial charge in [-0.3, -0.25) is 9.48 Å². The maximum atomic E-state index is 12.5. The summed E-state index contributed by atoms with van der Waals surface area (Å²) >= 11 is 0. The first-order valence-electron chi connectivity index (χ1n) is 7.78. The molecule has 2 aromatic heterocycles. The van der Waals surface area contributed by atoms with Crippen molar-refractivity contribution in [2.75, 3.05) is 7.05 Å². The van der Waals surface area contributed by atoms with Gasteiger partial charge in [0, 0.05) is 25.4 Å². The van der Waals surface area contributed by atoms with Gasteiger partial charge in [0.25, 0.3) is 5.91 Å². The van der Waals surface area contributed by atoms with Gasteiger partial charge < -0.3 is 9.42 Å². The molecule has 0 atom stereocenters. The van der Waals surface area contributed by atoms with Crippen LogP contribution in [0, 0.1) is 13.8 Å². The summed E-state index contributed by atoms with van der Waals surface area (Å²) in [6, 6.07) is 10.1. The van der Waals surface area contributed by atoms with E-state index in [0.717, 1.165) is 5.56 Å². The Labute approximate surface area is 140 Å². The van der Waals surface area contributed by atoms with Crippen LogP contribution < -0.4 is 0 Å². The zero-order valence-electron chi connectivity index (χ0n) is 14.1. The second kappa shape index (κ2) is 6.70. The van der Waals surface area contributed by atoms with E-state index in [1.807, 2.05) is 29.1 Å². The summed E-state index contributed by atoms with van der Waals surface area (Å²) in [6.07, 6.45) is 3.75. The summed E-state index contributed by atoms with van der Waals surface area (Å²) < 4.78 is 6.95. The van der Waals surface area contributed by atoms with E-state index in [2.05, 4.69) is 22.4 Å². The number of aromatic nitrogens is 3. The molecule has 0 fully saturated rings. The molecule has 6 nitrogen and oxygen atoms in total. The van der Waals surface area contributed by atoms with Crippen molar-refractivity contribution in [2.45, 2.75) is 26.9 Å². The predicted molar refractivity (Wildman–Crippen MR) is 89.5 cm³/mol. The lowest BCUT2D eigenvalue weighted by Crippen LogP contribution is -2.26. The third-order valence-corrected chi connectivity index (χ3v) is 3.89. The SMILES string of the molecule is Cc1noc(C)c1C(=O)N(C)Cc1cnn(Cc2ccccc2)c1. The summed E-state index contributed by atoms with van der Waals surface area (Å²) in [5.41, 5.74) is 3.32. The maximum absolute atomic E-state index is 12.5. The molecule has 0 aliphatic carbocycles. The minimum atomic E-state index is -0.0953. The van der Waals surface area contributed by atoms with Crippen LogP contribution in [0.3, 0.4) is 0 Å². The van der Waals surface area contributed by atoms with Crippen LogP contribution in [-0.2, 0) is 13.1 Å². The van der Waals surface area contributed by atoms with Crippen LogP contribution in [0.5, 0.6) is 0 Å². The molecule has 124 valence electrons. The lowest BCUT2D eigenvalue weighted by Gasteiger charge is -2.15. The molecule has 0 bridgehead atoms. The fourth-order valence-corrected chi connectivity index (χ4v) is 2.67. The van der Waals surface area contributed by atoms with E-state index in [4.69, 9.17) is 4.52 Å². The molecule has 6 heteroatoms. The molecule has 3 aromatic rings. The molecule has 2 heterocycles. The Balaban J connectivity index is 1.67. The zero-order chi connectivity index (χ0) is 17.1. The quantitative estimate of drug-likeness (QED) is 0.724. The van der Waals surface area contributed by atoms with Crippen molar-refractivity contribution < 1.29 is 9.32 Å². The number of carbonyl (C=O) groups excluding carboxylic acids is 1. The monoisotopic (exact) mass is 324 g/mol. The normalized spacial score (nSPS) is 10.8. The molecule has 0 unspecified atom stereocenters. The highest BCUT2D eigenvalue weighted by atomic mass is 16.5. The minimum absolute atomic E-state index is 0.0953. The van der Waals surface area contributed by atoms with Gasteiger partial charge in [0.15, 0.2) is 0 Å². The molecule has 0 spiro atoms. The van der Waals surface area contributed by atoms with Crippen LogP contribution in [0.15, 0.2) is 47.2 Å². The Morgan fingerprint density at radius 1 is 1.21 bits per heavy atom. The van der Waals surface area contributed by atoms with E-state index in [0.29, 0.717) is 30.1 Å². The number of benzene rings is 1. The summed E-state index contributed by atoms with van der Waals surface area (Å²) in [4.78, 5) is 14.2. The minimum Gasteiger partial charge on any atom is -0.361 e. The summed E-state index contributed by atoms with van der Waals surface area (Å²) in [5.74, 6) is 0.450. The summed E-state index contributed by atoms with van der Waals surface area (Å²) in [5, 5.41) is 8.21. The Morgan fingerprint density at radius 2 is 1.96 bits per heavy atom. The van der Waals surface area contributed by atoms with Crippen molar-refractivity contribution >= 4 is 5.91 Å². The van der Waals surface area contributed by atoms with Crippen LogP contribution in [0.1, 0.15) is 32.9 Å². The van der Waals surface area contributed by atoms with Gasteiger partial charge in [0.05, 0.1) is 18.4 Å². The Kier molecular flexibility index (Phi) is 4.46. The van der Waals surface area contributed by atoms with Crippen LogP contribution >= 0.6 is 0 Å². The highest BCUT2D eigenvalue weighted by Crippen LogP contribution is 2.16. The molecule has 1 aromatic carbocycles. The van der Waals surface area contributed by atoms with Gasteiger partial charge in [-0.05, 0) is 19.4 Å². The Bertz CT molecular complexity index is 816. The number of carbonyl (C=O) groups is 1. The van der Waals surface area contributed by atoms with E-state index >= 15 is 0 Å². The largest absolute Gasteiger partial charge is 0.361 e. The first-order chi connectivity index (χ1) is 11.5. The third-order valence-electron chi connectivity index (χ3n) is 3.89. The van der Waals surface area contributed by atoms with E-state index in [1.54, 1.807) is 32.0 Å². The van der Waals surface area contributed by atoms with Crippen molar-refractivity contribution in [3.05, 3.63) is 70.9 Å². The van der Waals surface area contributed by atoms with Gasteiger partial charge in [0.2, 0.25) is 0 Å². The van der Waals surface area contributed by atoms with E-state index < -0.39 is 0 Å². The fraction of sp³-hybridized carbons (Fsp3) is 0.278.